The summed E-state index contributed by atoms with van der Waals surface area (Å²) in [5.41, 5.74) is 0. The van der Waals surface area contributed by atoms with Crippen LogP contribution in [0.15, 0.2) is 24.3 Å². The van der Waals surface area contributed by atoms with Crippen molar-refractivity contribution < 1.29 is 23.9 Å². The molecule has 3 rings (SSSR count). The Morgan fingerprint density at radius 1 is 0.765 bits per heavy atom. The second kappa shape index (κ2) is 3.23. The summed E-state index contributed by atoms with van der Waals surface area (Å²) in [4.78, 5) is 46.3. The molecule has 0 aromatic rings. The lowest BCUT2D eigenvalue weighted by Gasteiger charge is -2.31. The van der Waals surface area contributed by atoms with Gasteiger partial charge in [-0.3, -0.25) is 19.2 Å². The number of hydrogen-bond donors (Lipinski definition) is 0. The predicted octanol–water partition coefficient (Wildman–Crippen LogP) is -0.188. The molecule has 0 bridgehead atoms. The molecular weight excluding hydrogens is 224 g/mol. The summed E-state index contributed by atoms with van der Waals surface area (Å²) >= 11 is 0. The Morgan fingerprint density at radius 2 is 1.41 bits per heavy atom. The van der Waals surface area contributed by atoms with Crippen molar-refractivity contribution in [1.29, 1.82) is 0 Å². The first-order valence-electron chi connectivity index (χ1n) is 5.29. The van der Waals surface area contributed by atoms with Crippen LogP contribution in [0.5, 0.6) is 0 Å². The van der Waals surface area contributed by atoms with Crippen molar-refractivity contribution in [2.75, 3.05) is 0 Å². The average Bonchev–Trinajstić information content (AvgIpc) is 2.60. The molecule has 3 aliphatic rings. The van der Waals surface area contributed by atoms with Crippen molar-refractivity contribution in [1.82, 2.24) is 0 Å². The van der Waals surface area contributed by atoms with E-state index in [4.69, 9.17) is 0 Å². The van der Waals surface area contributed by atoms with Crippen LogP contribution in [-0.2, 0) is 23.9 Å². The summed E-state index contributed by atoms with van der Waals surface area (Å²) in [6.07, 6.45) is 5.44. The minimum Gasteiger partial charge on any atom is -0.392 e. The van der Waals surface area contributed by atoms with Gasteiger partial charge in [0, 0.05) is 5.92 Å². The number of ether oxygens (including phenoxy) is 1. The van der Waals surface area contributed by atoms with Crippen molar-refractivity contribution in [3.05, 3.63) is 24.3 Å². The SMILES string of the molecule is O=C1C=CC(=O)C2C1C=CC1C(=O)OC(=O)C12. The molecule has 0 aromatic heterocycles. The first-order valence-corrected chi connectivity index (χ1v) is 5.29. The van der Waals surface area contributed by atoms with E-state index in [1.165, 1.54) is 24.3 Å². The second-order valence-electron chi connectivity index (χ2n) is 4.37. The third-order valence-corrected chi connectivity index (χ3v) is 3.50. The molecule has 1 aliphatic heterocycles. The molecule has 0 radical (unpaired) electrons. The van der Waals surface area contributed by atoms with E-state index in [0.29, 0.717) is 0 Å². The van der Waals surface area contributed by atoms with Crippen LogP contribution in [0.3, 0.4) is 0 Å². The molecule has 5 heteroatoms. The number of rotatable bonds is 0. The molecular formula is C12H8O5. The maximum atomic E-state index is 11.8. The Labute approximate surface area is 96.1 Å². The third-order valence-electron chi connectivity index (χ3n) is 3.50. The first kappa shape index (κ1) is 10.1. The lowest BCUT2D eigenvalue weighted by atomic mass is 9.66. The fourth-order valence-electron chi connectivity index (χ4n) is 2.69. The van der Waals surface area contributed by atoms with Gasteiger partial charge in [-0.2, -0.15) is 0 Å². The van der Waals surface area contributed by atoms with Crippen molar-refractivity contribution in [3.63, 3.8) is 0 Å². The first-order chi connectivity index (χ1) is 8.09. The van der Waals surface area contributed by atoms with E-state index < -0.39 is 35.6 Å². The van der Waals surface area contributed by atoms with Gasteiger partial charge in [0.2, 0.25) is 0 Å². The normalized spacial score (nSPS) is 39.1. The van der Waals surface area contributed by atoms with Gasteiger partial charge < -0.3 is 4.74 Å². The van der Waals surface area contributed by atoms with Crippen molar-refractivity contribution >= 4 is 23.5 Å². The van der Waals surface area contributed by atoms with Crippen molar-refractivity contribution in [3.8, 4) is 0 Å². The maximum absolute atomic E-state index is 11.8. The zero-order chi connectivity index (χ0) is 12.2. The molecule has 0 N–H and O–H groups in total. The molecule has 17 heavy (non-hydrogen) atoms. The third kappa shape index (κ3) is 1.25. The van der Waals surface area contributed by atoms with Crippen LogP contribution in [0, 0.1) is 23.7 Å². The second-order valence-corrected chi connectivity index (χ2v) is 4.37. The van der Waals surface area contributed by atoms with Crippen molar-refractivity contribution in [2.45, 2.75) is 0 Å². The van der Waals surface area contributed by atoms with Gasteiger partial charge in [0.25, 0.3) is 0 Å². The Morgan fingerprint density at radius 3 is 2.18 bits per heavy atom. The summed E-state index contributed by atoms with van der Waals surface area (Å²) in [7, 11) is 0. The lowest BCUT2D eigenvalue weighted by Crippen LogP contribution is -2.42. The minimum absolute atomic E-state index is 0.212. The number of hydrogen-bond acceptors (Lipinski definition) is 5. The van der Waals surface area contributed by atoms with Gasteiger partial charge in [-0.15, -0.1) is 0 Å². The standard InChI is InChI=1S/C12H8O5/c13-7-3-4-8(14)9-5(7)1-2-6-10(9)12(16)17-11(6)15/h1-6,9-10H. The largest absolute Gasteiger partial charge is 0.392 e. The monoisotopic (exact) mass is 232 g/mol. The quantitative estimate of drug-likeness (QED) is 0.328. The molecule has 5 nitrogen and oxygen atoms in total. The van der Waals surface area contributed by atoms with E-state index in [1.807, 2.05) is 0 Å². The van der Waals surface area contributed by atoms with Gasteiger partial charge in [-0.1, -0.05) is 12.2 Å². The van der Waals surface area contributed by atoms with E-state index in [9.17, 15) is 19.2 Å². The molecule has 0 aromatic carbocycles. The van der Waals surface area contributed by atoms with E-state index in [0.717, 1.165) is 0 Å². The minimum atomic E-state index is -0.834. The number of esters is 2. The molecule has 2 aliphatic carbocycles. The van der Waals surface area contributed by atoms with Crippen LogP contribution in [0.2, 0.25) is 0 Å². The van der Waals surface area contributed by atoms with Crippen LogP contribution in [0.1, 0.15) is 0 Å². The molecule has 4 atom stereocenters. The van der Waals surface area contributed by atoms with Gasteiger partial charge in [0.15, 0.2) is 11.6 Å². The van der Waals surface area contributed by atoms with Crippen LogP contribution in [-0.4, -0.2) is 23.5 Å². The number of allylic oxidation sites excluding steroid dienone is 3. The summed E-state index contributed by atoms with van der Waals surface area (Å²) in [6, 6.07) is 0. The van der Waals surface area contributed by atoms with Gasteiger partial charge in [-0.05, 0) is 12.2 Å². The summed E-state index contributed by atoms with van der Waals surface area (Å²) in [5, 5.41) is 0. The summed E-state index contributed by atoms with van der Waals surface area (Å²) in [5.74, 6) is -4.79. The highest BCUT2D eigenvalue weighted by molar-refractivity contribution is 6.11. The highest BCUT2D eigenvalue weighted by Crippen LogP contribution is 2.42. The number of carbonyl (C=O) groups excluding carboxylic acids is 4. The van der Waals surface area contributed by atoms with Gasteiger partial charge in [0.1, 0.15) is 0 Å². The zero-order valence-corrected chi connectivity index (χ0v) is 8.66. The number of ketones is 2. The molecule has 1 fully saturated rings. The van der Waals surface area contributed by atoms with E-state index in [1.54, 1.807) is 0 Å². The molecule has 0 spiro atoms. The maximum Gasteiger partial charge on any atom is 0.321 e. The Bertz CT molecular complexity index is 513. The molecule has 1 saturated heterocycles. The van der Waals surface area contributed by atoms with E-state index >= 15 is 0 Å². The van der Waals surface area contributed by atoms with Crippen LogP contribution in [0.4, 0.5) is 0 Å². The van der Waals surface area contributed by atoms with E-state index in [2.05, 4.69) is 4.74 Å². The highest BCUT2D eigenvalue weighted by atomic mass is 16.6. The molecule has 1 heterocycles. The Balaban J connectivity index is 2.10. The number of carbonyl (C=O) groups is 4. The molecule has 86 valence electrons. The summed E-state index contributed by atoms with van der Waals surface area (Å²) < 4.78 is 4.52. The molecule has 0 saturated carbocycles. The Hall–Kier alpha value is -2.04. The zero-order valence-electron chi connectivity index (χ0n) is 8.66. The van der Waals surface area contributed by atoms with Crippen LogP contribution in [0.25, 0.3) is 0 Å². The predicted molar refractivity (Wildman–Crippen MR) is 53.4 cm³/mol. The molecule has 4 unspecified atom stereocenters. The number of cyclic esters (lactones) is 2. The fourth-order valence-corrected chi connectivity index (χ4v) is 2.69. The van der Waals surface area contributed by atoms with Gasteiger partial charge in [-0.25, -0.2) is 0 Å². The summed E-state index contributed by atoms with van der Waals surface area (Å²) in [6.45, 7) is 0. The topological polar surface area (TPSA) is 77.5 Å². The number of fused-ring (bicyclic) bond motifs is 3. The fraction of sp³-hybridized carbons (Fsp3) is 0.333. The molecule has 0 amide bonds. The van der Waals surface area contributed by atoms with Crippen LogP contribution >= 0.6 is 0 Å². The lowest BCUT2D eigenvalue weighted by molar-refractivity contribution is -0.154. The van der Waals surface area contributed by atoms with Gasteiger partial charge in [0.05, 0.1) is 17.8 Å². The average molecular weight is 232 g/mol. The van der Waals surface area contributed by atoms with Crippen LogP contribution < -0.4 is 0 Å². The van der Waals surface area contributed by atoms with Crippen molar-refractivity contribution in [2.24, 2.45) is 23.7 Å². The van der Waals surface area contributed by atoms with E-state index in [-0.39, 0.29) is 11.6 Å². The van der Waals surface area contributed by atoms with Gasteiger partial charge >= 0.3 is 11.9 Å². The smallest absolute Gasteiger partial charge is 0.321 e. The highest BCUT2D eigenvalue weighted by Gasteiger charge is 2.54. The Kier molecular flexibility index (Phi) is 1.92.